The summed E-state index contributed by atoms with van der Waals surface area (Å²) in [5.41, 5.74) is 0. The number of hydroxylamine groups is 1. The summed E-state index contributed by atoms with van der Waals surface area (Å²) in [6, 6.07) is 0. The van der Waals surface area contributed by atoms with Crippen molar-refractivity contribution in [3.05, 3.63) is 5.21 Å². The van der Waals surface area contributed by atoms with E-state index in [-0.39, 0.29) is 0 Å². The molecule has 0 fully saturated rings. The largest absolute Gasteiger partial charge is 0.624 e. The van der Waals surface area contributed by atoms with E-state index in [0.29, 0.717) is 6.54 Å². The van der Waals surface area contributed by atoms with Crippen LogP contribution in [-0.4, -0.2) is 17.5 Å². The smallest absolute Gasteiger partial charge is 0.153 e. The highest BCUT2D eigenvalue weighted by molar-refractivity contribution is 5.50. The number of hydrogen-bond donors (Lipinski definition) is 0. The monoisotopic (exact) mass is 522 g/mol. The van der Waals surface area contributed by atoms with Gasteiger partial charge < -0.3 is 5.21 Å². The molecule has 0 N–H and O–H groups in total. The fourth-order valence-electron chi connectivity index (χ4n) is 5.48. The van der Waals surface area contributed by atoms with Crippen molar-refractivity contribution in [2.24, 2.45) is 0 Å². The lowest BCUT2D eigenvalue weighted by atomic mass is 10.0. The van der Waals surface area contributed by atoms with Gasteiger partial charge in [0.25, 0.3) is 0 Å². The molecule has 0 aliphatic carbocycles. The molecule has 0 aromatic carbocycles. The Morgan fingerprint density at radius 3 is 0.892 bits per heavy atom. The average Bonchev–Trinajstić information content (AvgIpc) is 2.90. The maximum Gasteiger partial charge on any atom is 0.153 e. The predicted molar refractivity (Wildman–Crippen MR) is 169 cm³/mol. The van der Waals surface area contributed by atoms with E-state index in [1.807, 2.05) is 6.21 Å². The van der Waals surface area contributed by atoms with E-state index in [1.54, 1.807) is 0 Å². The fraction of sp³-hybridized carbons (Fsp3) is 0.971. The molecule has 0 atom stereocenters. The van der Waals surface area contributed by atoms with E-state index in [2.05, 4.69) is 13.8 Å². The Balaban J connectivity index is 3.20. The van der Waals surface area contributed by atoms with Crippen LogP contribution in [0, 0.1) is 5.21 Å². The van der Waals surface area contributed by atoms with Gasteiger partial charge in [0.2, 0.25) is 0 Å². The molecule has 0 aliphatic rings. The van der Waals surface area contributed by atoms with Crippen molar-refractivity contribution in [3.63, 3.8) is 0 Å². The summed E-state index contributed by atoms with van der Waals surface area (Å²) in [5, 5.41) is 12.0. The van der Waals surface area contributed by atoms with Gasteiger partial charge in [-0.3, -0.25) is 0 Å². The van der Waals surface area contributed by atoms with Crippen LogP contribution in [0.4, 0.5) is 0 Å². The highest BCUT2D eigenvalue weighted by atomic mass is 16.5. The van der Waals surface area contributed by atoms with E-state index in [9.17, 15) is 5.21 Å². The normalized spacial score (nSPS) is 12.0. The molecule has 0 aliphatic heterocycles. The van der Waals surface area contributed by atoms with Gasteiger partial charge >= 0.3 is 0 Å². The molecule has 0 saturated heterocycles. The lowest BCUT2D eigenvalue weighted by Crippen LogP contribution is -2.06. The van der Waals surface area contributed by atoms with Gasteiger partial charge in [0.1, 0.15) is 0 Å². The average molecular weight is 522 g/mol. The van der Waals surface area contributed by atoms with Gasteiger partial charge in [0, 0.05) is 12.8 Å². The van der Waals surface area contributed by atoms with Crippen molar-refractivity contribution >= 4 is 6.21 Å². The van der Waals surface area contributed by atoms with Crippen molar-refractivity contribution < 1.29 is 4.74 Å². The third-order valence-corrected chi connectivity index (χ3v) is 8.12. The van der Waals surface area contributed by atoms with E-state index >= 15 is 0 Å². The molecule has 37 heavy (non-hydrogen) atoms. The van der Waals surface area contributed by atoms with Crippen molar-refractivity contribution in [2.75, 3.05) is 6.54 Å². The van der Waals surface area contributed by atoms with Crippen LogP contribution in [0.3, 0.4) is 0 Å². The topological polar surface area (TPSA) is 26.1 Å². The Morgan fingerprint density at radius 2 is 0.595 bits per heavy atom. The van der Waals surface area contributed by atoms with Crippen LogP contribution >= 0.6 is 0 Å². The second-order valence-corrected chi connectivity index (χ2v) is 12.0. The third-order valence-electron chi connectivity index (χ3n) is 8.12. The van der Waals surface area contributed by atoms with Gasteiger partial charge in [-0.05, 0) is 12.8 Å². The minimum absolute atomic E-state index is 0.705. The second kappa shape index (κ2) is 33.5. The summed E-state index contributed by atoms with van der Waals surface area (Å²) >= 11 is 0. The quantitative estimate of drug-likeness (QED) is 0.0284. The van der Waals surface area contributed by atoms with Gasteiger partial charge in [-0.1, -0.05) is 187 Å². The van der Waals surface area contributed by atoms with E-state index in [1.165, 1.54) is 191 Å². The molecule has 0 aromatic rings. The van der Waals surface area contributed by atoms with E-state index in [4.69, 9.17) is 0 Å². The molecule has 0 rings (SSSR count). The first-order valence-electron chi connectivity index (χ1n) is 17.6. The summed E-state index contributed by atoms with van der Waals surface area (Å²) in [6.07, 6.45) is 44.5. The van der Waals surface area contributed by atoms with Crippen molar-refractivity contribution in [1.82, 2.24) is 0 Å². The van der Waals surface area contributed by atoms with Crippen LogP contribution in [0.2, 0.25) is 0 Å². The molecular formula is C35H71NO. The van der Waals surface area contributed by atoms with Crippen LogP contribution in [0.1, 0.15) is 213 Å². The van der Waals surface area contributed by atoms with Crippen molar-refractivity contribution in [1.29, 1.82) is 0 Å². The first kappa shape index (κ1) is 36.5. The highest BCUT2D eigenvalue weighted by Gasteiger charge is 1.98. The van der Waals surface area contributed by atoms with Crippen molar-refractivity contribution in [3.8, 4) is 0 Å². The second-order valence-electron chi connectivity index (χ2n) is 12.0. The summed E-state index contributed by atoms with van der Waals surface area (Å²) in [5.74, 6) is 0. The SMILES string of the molecule is CCCCCCCCCCCCCCCC/C=[N+](/[O-])CCCCCCCCCCCCCCCCCC. The van der Waals surface area contributed by atoms with Gasteiger partial charge in [0.05, 0.1) is 0 Å². The molecule has 0 spiro atoms. The first-order valence-corrected chi connectivity index (χ1v) is 17.6. The molecule has 0 saturated carbocycles. The zero-order valence-corrected chi connectivity index (χ0v) is 26.1. The zero-order valence-electron chi connectivity index (χ0n) is 26.1. The Kier molecular flexibility index (Phi) is 33.0. The Bertz CT molecular complexity index is 433. The molecule has 0 radical (unpaired) electrons. The van der Waals surface area contributed by atoms with Crippen molar-refractivity contribution in [2.45, 2.75) is 213 Å². The molecule has 222 valence electrons. The summed E-state index contributed by atoms with van der Waals surface area (Å²) in [6.45, 7) is 5.29. The van der Waals surface area contributed by atoms with Gasteiger partial charge in [-0.2, -0.15) is 0 Å². The van der Waals surface area contributed by atoms with E-state index in [0.717, 1.165) is 12.8 Å². The highest BCUT2D eigenvalue weighted by Crippen LogP contribution is 2.15. The Morgan fingerprint density at radius 1 is 0.351 bits per heavy atom. The standard InChI is InChI=1S/C35H71NO/c1-3-5-7-9-11-13-15-17-19-21-23-25-27-29-31-33-35-36(37)34-32-30-28-26-24-22-20-18-16-14-12-10-8-6-4-2/h34H,3-33,35H2,1-2H3/b36-34+. The van der Waals surface area contributed by atoms with Gasteiger partial charge in [-0.15, -0.1) is 0 Å². The molecule has 2 nitrogen and oxygen atoms in total. The van der Waals surface area contributed by atoms with Crippen LogP contribution in [0.5, 0.6) is 0 Å². The molecule has 0 heterocycles. The Labute approximate surface area is 235 Å². The van der Waals surface area contributed by atoms with Crippen LogP contribution in [0.25, 0.3) is 0 Å². The molecule has 2 heteroatoms. The fourth-order valence-corrected chi connectivity index (χ4v) is 5.48. The molecular weight excluding hydrogens is 450 g/mol. The predicted octanol–water partition coefficient (Wildman–Crippen LogP) is 12.7. The maximum absolute atomic E-state index is 12.0. The minimum Gasteiger partial charge on any atom is -0.624 e. The molecule has 0 aromatic heterocycles. The lowest BCUT2D eigenvalue weighted by Gasteiger charge is -2.05. The number of rotatable bonds is 32. The first-order chi connectivity index (χ1) is 18.3. The number of unbranched alkanes of at least 4 members (excludes halogenated alkanes) is 29. The van der Waals surface area contributed by atoms with Crippen LogP contribution < -0.4 is 0 Å². The van der Waals surface area contributed by atoms with E-state index < -0.39 is 0 Å². The van der Waals surface area contributed by atoms with Gasteiger partial charge in [0.15, 0.2) is 12.8 Å². The zero-order chi connectivity index (χ0) is 26.9. The number of hydrogen-bond acceptors (Lipinski definition) is 1. The third kappa shape index (κ3) is 33.4. The molecule has 0 bridgehead atoms. The van der Waals surface area contributed by atoms with Crippen LogP contribution in [-0.2, 0) is 0 Å². The Hall–Kier alpha value is -0.530. The minimum atomic E-state index is 0.705. The lowest BCUT2D eigenvalue weighted by molar-refractivity contribution is -0.454. The van der Waals surface area contributed by atoms with Gasteiger partial charge in [-0.25, -0.2) is 4.74 Å². The maximum atomic E-state index is 12.0. The molecule has 0 unspecified atom stereocenters. The van der Waals surface area contributed by atoms with Crippen LogP contribution in [0.15, 0.2) is 0 Å². The summed E-state index contributed by atoms with van der Waals surface area (Å²) < 4.78 is 1.21. The molecule has 0 amide bonds. The number of nitrogens with zero attached hydrogens (tertiary/aromatic N) is 1. The summed E-state index contributed by atoms with van der Waals surface area (Å²) in [4.78, 5) is 0. The summed E-state index contributed by atoms with van der Waals surface area (Å²) in [7, 11) is 0.